The molecule has 26 heavy (non-hydrogen) atoms. The fourth-order valence-electron chi connectivity index (χ4n) is 2.67. The van der Waals surface area contributed by atoms with Crippen molar-refractivity contribution < 1.29 is 0 Å². The molecule has 0 unspecified atom stereocenters. The number of rotatable bonds is 8. The van der Waals surface area contributed by atoms with Crippen molar-refractivity contribution in [3.8, 4) is 0 Å². The third-order valence-corrected chi connectivity index (χ3v) is 4.20. The first-order chi connectivity index (χ1) is 12.1. The van der Waals surface area contributed by atoms with E-state index < -0.39 is 0 Å². The van der Waals surface area contributed by atoms with Gasteiger partial charge in [0.2, 0.25) is 0 Å². The van der Waals surface area contributed by atoms with Gasteiger partial charge in [0.05, 0.1) is 12.7 Å². The molecule has 0 fully saturated rings. The largest absolute Gasteiger partial charge is 0.356 e. The zero-order chi connectivity index (χ0) is 18.1. The molecule has 0 aliphatic heterocycles. The van der Waals surface area contributed by atoms with Crippen molar-refractivity contribution in [1.82, 2.24) is 20.4 Å². The molecule has 6 heteroatoms. The SMILES string of the molecule is CN=C(NCCCc1ccc(C(C)C)cc1)NCCn1cc(C)cn1.I. The zero-order valence-corrected chi connectivity index (χ0v) is 18.7. The van der Waals surface area contributed by atoms with Gasteiger partial charge >= 0.3 is 0 Å². The lowest BCUT2D eigenvalue weighted by Gasteiger charge is -2.12. The summed E-state index contributed by atoms with van der Waals surface area (Å²) in [6, 6.07) is 8.97. The Morgan fingerprint density at radius 3 is 2.42 bits per heavy atom. The highest BCUT2D eigenvalue weighted by atomic mass is 127. The maximum Gasteiger partial charge on any atom is 0.191 e. The van der Waals surface area contributed by atoms with E-state index in [0.717, 1.165) is 38.4 Å². The van der Waals surface area contributed by atoms with Crippen LogP contribution in [0, 0.1) is 6.92 Å². The molecule has 0 atom stereocenters. The van der Waals surface area contributed by atoms with Crippen LogP contribution in [0.1, 0.15) is 42.9 Å². The highest BCUT2D eigenvalue weighted by molar-refractivity contribution is 14.0. The minimum atomic E-state index is 0. The molecular formula is C20H32IN5. The maximum atomic E-state index is 4.28. The van der Waals surface area contributed by atoms with Crippen LogP contribution in [0.2, 0.25) is 0 Å². The Balaban J connectivity index is 0.00000338. The summed E-state index contributed by atoms with van der Waals surface area (Å²) in [5.74, 6) is 1.44. The lowest BCUT2D eigenvalue weighted by atomic mass is 10.0. The van der Waals surface area contributed by atoms with Gasteiger partial charge < -0.3 is 10.6 Å². The van der Waals surface area contributed by atoms with Crippen LogP contribution in [0.15, 0.2) is 41.7 Å². The number of nitrogens with one attached hydrogen (secondary N) is 2. The molecule has 0 saturated carbocycles. The van der Waals surface area contributed by atoms with Crippen LogP contribution >= 0.6 is 24.0 Å². The van der Waals surface area contributed by atoms with Gasteiger partial charge in [-0.1, -0.05) is 38.1 Å². The predicted molar refractivity (Wildman–Crippen MR) is 121 cm³/mol. The lowest BCUT2D eigenvalue weighted by Crippen LogP contribution is -2.39. The zero-order valence-electron chi connectivity index (χ0n) is 16.3. The van der Waals surface area contributed by atoms with E-state index in [0.29, 0.717) is 5.92 Å². The van der Waals surface area contributed by atoms with Gasteiger partial charge in [-0.2, -0.15) is 5.10 Å². The number of aromatic nitrogens is 2. The molecule has 1 aromatic carbocycles. The molecule has 5 nitrogen and oxygen atoms in total. The number of halogens is 1. The molecule has 1 aromatic heterocycles. The fraction of sp³-hybridized carbons (Fsp3) is 0.500. The molecule has 0 spiro atoms. The van der Waals surface area contributed by atoms with Crippen LogP contribution in [0.5, 0.6) is 0 Å². The predicted octanol–water partition coefficient (Wildman–Crippen LogP) is 3.73. The minimum absolute atomic E-state index is 0. The van der Waals surface area contributed by atoms with Gasteiger partial charge in [0.1, 0.15) is 0 Å². The first-order valence-corrected chi connectivity index (χ1v) is 9.11. The van der Waals surface area contributed by atoms with Crippen LogP contribution in [-0.4, -0.2) is 35.9 Å². The van der Waals surface area contributed by atoms with Gasteiger partial charge in [0.25, 0.3) is 0 Å². The minimum Gasteiger partial charge on any atom is -0.356 e. The Morgan fingerprint density at radius 2 is 1.85 bits per heavy atom. The molecule has 0 aliphatic rings. The van der Waals surface area contributed by atoms with E-state index in [4.69, 9.17) is 0 Å². The smallest absolute Gasteiger partial charge is 0.191 e. The van der Waals surface area contributed by atoms with Crippen LogP contribution in [0.25, 0.3) is 0 Å². The molecule has 0 bridgehead atoms. The van der Waals surface area contributed by atoms with Crippen molar-refractivity contribution in [1.29, 1.82) is 0 Å². The Kier molecular flexibility index (Phi) is 10.3. The second-order valence-electron chi connectivity index (χ2n) is 6.71. The number of hydrogen-bond donors (Lipinski definition) is 2. The highest BCUT2D eigenvalue weighted by Gasteiger charge is 2.01. The molecule has 2 aromatic rings. The van der Waals surface area contributed by atoms with Crippen molar-refractivity contribution in [3.05, 3.63) is 53.3 Å². The maximum absolute atomic E-state index is 4.28. The van der Waals surface area contributed by atoms with Crippen molar-refractivity contribution in [2.24, 2.45) is 4.99 Å². The van der Waals surface area contributed by atoms with Gasteiger partial charge in [-0.3, -0.25) is 9.67 Å². The number of aliphatic imine (C=N–C) groups is 1. The molecule has 0 radical (unpaired) electrons. The van der Waals surface area contributed by atoms with E-state index in [9.17, 15) is 0 Å². The molecule has 2 rings (SSSR count). The van der Waals surface area contributed by atoms with E-state index in [1.165, 1.54) is 16.7 Å². The standard InChI is InChI=1S/C20H31N5.HI/c1-16(2)19-9-7-18(8-10-19)6-5-11-22-20(21-4)23-12-13-25-15-17(3)14-24-25;/h7-10,14-16H,5-6,11-13H2,1-4H3,(H2,21,22,23);1H. The van der Waals surface area contributed by atoms with Crippen LogP contribution in [0.3, 0.4) is 0 Å². The third kappa shape index (κ3) is 7.76. The molecular weight excluding hydrogens is 437 g/mol. The Hall–Kier alpha value is -1.57. The van der Waals surface area contributed by atoms with Crippen LogP contribution in [-0.2, 0) is 13.0 Å². The topological polar surface area (TPSA) is 54.2 Å². The van der Waals surface area contributed by atoms with Gasteiger partial charge in [0.15, 0.2) is 5.96 Å². The summed E-state index contributed by atoms with van der Waals surface area (Å²) in [4.78, 5) is 4.26. The molecule has 2 N–H and O–H groups in total. The lowest BCUT2D eigenvalue weighted by molar-refractivity contribution is 0.596. The first-order valence-electron chi connectivity index (χ1n) is 9.11. The van der Waals surface area contributed by atoms with Gasteiger partial charge in [-0.05, 0) is 42.4 Å². The molecule has 0 saturated heterocycles. The van der Waals surface area contributed by atoms with E-state index in [1.807, 2.05) is 24.0 Å². The van der Waals surface area contributed by atoms with Crippen LogP contribution in [0.4, 0.5) is 0 Å². The number of benzene rings is 1. The highest BCUT2D eigenvalue weighted by Crippen LogP contribution is 2.15. The Labute approximate surface area is 174 Å². The molecule has 1 heterocycles. The third-order valence-electron chi connectivity index (χ3n) is 4.20. The van der Waals surface area contributed by atoms with Gasteiger partial charge in [-0.15, -0.1) is 24.0 Å². The number of hydrogen-bond acceptors (Lipinski definition) is 2. The average molecular weight is 469 g/mol. The van der Waals surface area contributed by atoms with Crippen LogP contribution < -0.4 is 10.6 Å². The monoisotopic (exact) mass is 469 g/mol. The second kappa shape index (κ2) is 11.9. The fourth-order valence-corrected chi connectivity index (χ4v) is 2.67. The summed E-state index contributed by atoms with van der Waals surface area (Å²) in [6.07, 6.45) is 6.08. The average Bonchev–Trinajstić information content (AvgIpc) is 3.02. The molecule has 144 valence electrons. The van der Waals surface area contributed by atoms with Gasteiger partial charge in [-0.25, -0.2) is 0 Å². The molecule has 0 amide bonds. The normalized spacial score (nSPS) is 11.3. The number of guanidine groups is 1. The second-order valence-corrected chi connectivity index (χ2v) is 6.71. The van der Waals surface area contributed by atoms with Crippen molar-refractivity contribution in [3.63, 3.8) is 0 Å². The van der Waals surface area contributed by atoms with E-state index in [1.54, 1.807) is 7.05 Å². The van der Waals surface area contributed by atoms with Crippen molar-refractivity contribution in [2.45, 2.75) is 46.1 Å². The summed E-state index contributed by atoms with van der Waals surface area (Å²) in [6.45, 7) is 9.05. The summed E-state index contributed by atoms with van der Waals surface area (Å²) < 4.78 is 1.94. The van der Waals surface area contributed by atoms with Gasteiger partial charge in [0, 0.05) is 26.3 Å². The van der Waals surface area contributed by atoms with E-state index in [2.05, 4.69) is 58.8 Å². The number of nitrogens with zero attached hydrogens (tertiary/aromatic N) is 3. The Bertz CT molecular complexity index is 661. The first kappa shape index (κ1) is 22.5. The summed E-state index contributed by atoms with van der Waals surface area (Å²) >= 11 is 0. The van der Waals surface area contributed by atoms with Crippen molar-refractivity contribution in [2.75, 3.05) is 20.1 Å². The van der Waals surface area contributed by atoms with E-state index in [-0.39, 0.29) is 24.0 Å². The number of aryl methyl sites for hydroxylation is 2. The van der Waals surface area contributed by atoms with E-state index >= 15 is 0 Å². The van der Waals surface area contributed by atoms with Crippen molar-refractivity contribution >= 4 is 29.9 Å². The summed E-state index contributed by atoms with van der Waals surface area (Å²) in [7, 11) is 1.80. The Morgan fingerprint density at radius 1 is 1.15 bits per heavy atom. The summed E-state index contributed by atoms with van der Waals surface area (Å²) in [5.41, 5.74) is 3.98. The summed E-state index contributed by atoms with van der Waals surface area (Å²) in [5, 5.41) is 11.0. The quantitative estimate of drug-likeness (QED) is 0.268. The molecule has 0 aliphatic carbocycles.